The Hall–Kier alpha value is -2.37. The quantitative estimate of drug-likeness (QED) is 0.802. The van der Waals surface area contributed by atoms with E-state index in [0.29, 0.717) is 22.1 Å². The van der Waals surface area contributed by atoms with Crippen molar-refractivity contribution in [3.8, 4) is 17.2 Å². The van der Waals surface area contributed by atoms with Crippen LogP contribution in [0.4, 0.5) is 0 Å². The number of hydrogen-bond donors (Lipinski definition) is 3. The third-order valence-corrected chi connectivity index (χ3v) is 3.95. The van der Waals surface area contributed by atoms with E-state index in [1.807, 2.05) is 24.3 Å². The van der Waals surface area contributed by atoms with E-state index < -0.39 is 0 Å². The summed E-state index contributed by atoms with van der Waals surface area (Å²) < 4.78 is 10.6. The second-order valence-corrected chi connectivity index (χ2v) is 5.54. The van der Waals surface area contributed by atoms with E-state index in [0.717, 1.165) is 11.3 Å². The number of hydrazine groups is 1. The molecule has 3 rings (SSSR count). The fourth-order valence-electron chi connectivity index (χ4n) is 2.51. The van der Waals surface area contributed by atoms with Gasteiger partial charge in [-0.15, -0.1) is 0 Å². The Balaban J connectivity index is 1.92. The van der Waals surface area contributed by atoms with Gasteiger partial charge in [-0.3, -0.25) is 0 Å². The highest BCUT2D eigenvalue weighted by Crippen LogP contribution is 2.34. The maximum Gasteiger partial charge on any atom is 0.161 e. The van der Waals surface area contributed by atoms with E-state index in [9.17, 15) is 5.11 Å². The van der Waals surface area contributed by atoms with E-state index in [-0.39, 0.29) is 11.8 Å². The van der Waals surface area contributed by atoms with Gasteiger partial charge in [-0.25, -0.2) is 5.43 Å². The van der Waals surface area contributed by atoms with Crippen molar-refractivity contribution in [2.24, 2.45) is 0 Å². The van der Waals surface area contributed by atoms with Crippen LogP contribution in [-0.2, 0) is 0 Å². The summed E-state index contributed by atoms with van der Waals surface area (Å²) in [5.74, 6) is 1.51. The molecule has 0 spiro atoms. The van der Waals surface area contributed by atoms with Crippen LogP contribution in [0.15, 0.2) is 42.5 Å². The van der Waals surface area contributed by atoms with Crippen molar-refractivity contribution >= 4 is 17.3 Å². The standard InChI is InChI=1S/C17H17ClN2O3/c1-22-16-6-3-10(7-17(16)23-2)13-9-14(20-19-13)12-8-11(18)4-5-15(12)21/h3-9,13,19-21H,1-2H3. The van der Waals surface area contributed by atoms with Gasteiger partial charge in [0.1, 0.15) is 5.75 Å². The smallest absolute Gasteiger partial charge is 0.161 e. The van der Waals surface area contributed by atoms with Crippen LogP contribution in [0, 0.1) is 0 Å². The van der Waals surface area contributed by atoms with Gasteiger partial charge >= 0.3 is 0 Å². The van der Waals surface area contributed by atoms with Gasteiger partial charge in [-0.05, 0) is 42.0 Å². The van der Waals surface area contributed by atoms with E-state index in [4.69, 9.17) is 21.1 Å². The molecule has 3 N–H and O–H groups in total. The number of methoxy groups -OCH3 is 2. The third kappa shape index (κ3) is 3.06. The van der Waals surface area contributed by atoms with Crippen molar-refractivity contribution in [1.82, 2.24) is 10.9 Å². The van der Waals surface area contributed by atoms with Gasteiger partial charge in [0, 0.05) is 10.6 Å². The molecule has 0 aliphatic carbocycles. The minimum Gasteiger partial charge on any atom is -0.507 e. The van der Waals surface area contributed by atoms with Crippen molar-refractivity contribution < 1.29 is 14.6 Å². The van der Waals surface area contributed by atoms with Crippen molar-refractivity contribution in [3.63, 3.8) is 0 Å². The number of phenolic OH excluding ortho intramolecular Hbond substituents is 1. The summed E-state index contributed by atoms with van der Waals surface area (Å²) in [5.41, 5.74) is 8.66. The third-order valence-electron chi connectivity index (χ3n) is 3.71. The molecule has 1 aliphatic rings. The second-order valence-electron chi connectivity index (χ2n) is 5.10. The van der Waals surface area contributed by atoms with Gasteiger partial charge in [0.15, 0.2) is 11.5 Å². The lowest BCUT2D eigenvalue weighted by Crippen LogP contribution is -2.26. The molecule has 1 aliphatic heterocycles. The highest BCUT2D eigenvalue weighted by atomic mass is 35.5. The van der Waals surface area contributed by atoms with E-state index in [1.165, 1.54) is 0 Å². The van der Waals surface area contributed by atoms with E-state index in [2.05, 4.69) is 10.9 Å². The molecule has 120 valence electrons. The van der Waals surface area contributed by atoms with Gasteiger partial charge in [0.25, 0.3) is 0 Å². The Morgan fingerprint density at radius 1 is 1.04 bits per heavy atom. The number of aromatic hydroxyl groups is 1. The topological polar surface area (TPSA) is 62.8 Å². The number of halogens is 1. The SMILES string of the molecule is COc1ccc(C2C=C(c3cc(Cl)ccc3O)NN2)cc1OC. The zero-order chi connectivity index (χ0) is 16.4. The molecule has 1 unspecified atom stereocenters. The fraction of sp³-hybridized carbons (Fsp3) is 0.176. The predicted octanol–water partition coefficient (Wildman–Crippen LogP) is 3.25. The van der Waals surface area contributed by atoms with Crippen LogP contribution in [0.5, 0.6) is 17.2 Å². The number of rotatable bonds is 4. The molecule has 0 bridgehead atoms. The maximum atomic E-state index is 10.00. The van der Waals surface area contributed by atoms with Gasteiger partial charge < -0.3 is 20.0 Å². The van der Waals surface area contributed by atoms with Crippen molar-refractivity contribution in [2.45, 2.75) is 6.04 Å². The average Bonchev–Trinajstić information content (AvgIpc) is 3.06. The van der Waals surface area contributed by atoms with E-state index in [1.54, 1.807) is 32.4 Å². The van der Waals surface area contributed by atoms with Gasteiger partial charge in [-0.1, -0.05) is 17.7 Å². The molecule has 5 nitrogen and oxygen atoms in total. The highest BCUT2D eigenvalue weighted by Gasteiger charge is 2.20. The molecular weight excluding hydrogens is 316 g/mol. The van der Waals surface area contributed by atoms with Gasteiger partial charge in [0.05, 0.1) is 26.0 Å². The zero-order valence-electron chi connectivity index (χ0n) is 12.8. The van der Waals surface area contributed by atoms with Crippen LogP contribution >= 0.6 is 11.6 Å². The summed E-state index contributed by atoms with van der Waals surface area (Å²) >= 11 is 6.00. The lowest BCUT2D eigenvalue weighted by Gasteiger charge is -2.13. The Kier molecular flexibility index (Phi) is 4.32. The first-order valence-electron chi connectivity index (χ1n) is 7.06. The second kappa shape index (κ2) is 6.40. The predicted molar refractivity (Wildman–Crippen MR) is 89.7 cm³/mol. The minimum atomic E-state index is -0.0665. The molecule has 2 aromatic carbocycles. The molecule has 0 aromatic heterocycles. The fourth-order valence-corrected chi connectivity index (χ4v) is 2.68. The van der Waals surface area contributed by atoms with Gasteiger partial charge in [-0.2, -0.15) is 0 Å². The minimum absolute atomic E-state index is 0.0665. The first-order valence-corrected chi connectivity index (χ1v) is 7.44. The molecule has 0 radical (unpaired) electrons. The summed E-state index contributed by atoms with van der Waals surface area (Å²) in [6, 6.07) is 10.6. The Morgan fingerprint density at radius 3 is 2.57 bits per heavy atom. The molecule has 1 atom stereocenters. The van der Waals surface area contributed by atoms with E-state index >= 15 is 0 Å². The summed E-state index contributed by atoms with van der Waals surface area (Å²) in [4.78, 5) is 0. The molecule has 6 heteroatoms. The molecule has 0 saturated carbocycles. The normalized spacial score (nSPS) is 16.7. The lowest BCUT2D eigenvalue weighted by molar-refractivity contribution is 0.354. The first kappa shape index (κ1) is 15.5. The molecular formula is C17H17ClN2O3. The highest BCUT2D eigenvalue weighted by molar-refractivity contribution is 6.30. The Morgan fingerprint density at radius 2 is 1.83 bits per heavy atom. The summed E-state index contributed by atoms with van der Waals surface area (Å²) in [5, 5.41) is 10.6. The summed E-state index contributed by atoms with van der Waals surface area (Å²) in [6.07, 6.45) is 1.98. The number of nitrogens with one attached hydrogen (secondary N) is 2. The Bertz CT molecular complexity index is 761. The molecule has 2 aromatic rings. The monoisotopic (exact) mass is 332 g/mol. The zero-order valence-corrected chi connectivity index (χ0v) is 13.5. The van der Waals surface area contributed by atoms with Crippen LogP contribution in [-0.4, -0.2) is 19.3 Å². The van der Waals surface area contributed by atoms with Crippen LogP contribution < -0.4 is 20.3 Å². The number of hydrogen-bond acceptors (Lipinski definition) is 5. The maximum absolute atomic E-state index is 10.00. The van der Waals surface area contributed by atoms with Crippen LogP contribution in [0.1, 0.15) is 17.2 Å². The number of ether oxygens (including phenoxy) is 2. The van der Waals surface area contributed by atoms with Crippen molar-refractivity contribution in [2.75, 3.05) is 14.2 Å². The molecule has 0 fully saturated rings. The van der Waals surface area contributed by atoms with Crippen LogP contribution in [0.25, 0.3) is 5.70 Å². The number of phenols is 1. The first-order chi connectivity index (χ1) is 11.1. The molecule has 1 heterocycles. The lowest BCUT2D eigenvalue weighted by atomic mass is 10.0. The largest absolute Gasteiger partial charge is 0.507 e. The van der Waals surface area contributed by atoms with Crippen LogP contribution in [0.2, 0.25) is 5.02 Å². The molecule has 0 amide bonds. The van der Waals surface area contributed by atoms with Crippen LogP contribution in [0.3, 0.4) is 0 Å². The van der Waals surface area contributed by atoms with Crippen molar-refractivity contribution in [1.29, 1.82) is 0 Å². The Labute approximate surface area is 139 Å². The van der Waals surface area contributed by atoms with Gasteiger partial charge in [0.2, 0.25) is 0 Å². The summed E-state index contributed by atoms with van der Waals surface area (Å²) in [6.45, 7) is 0. The summed E-state index contributed by atoms with van der Waals surface area (Å²) in [7, 11) is 3.21. The molecule has 0 saturated heterocycles. The van der Waals surface area contributed by atoms with Crippen molar-refractivity contribution in [3.05, 3.63) is 58.6 Å². The molecule has 23 heavy (non-hydrogen) atoms. The average molecular weight is 333 g/mol. The number of benzene rings is 2.